The van der Waals surface area contributed by atoms with Gasteiger partial charge in [0, 0.05) is 20.8 Å². The number of anilines is 1. The van der Waals surface area contributed by atoms with Gasteiger partial charge in [0.2, 0.25) is 5.95 Å². The first-order valence-corrected chi connectivity index (χ1v) is 9.26. The molecule has 1 unspecified atom stereocenters. The van der Waals surface area contributed by atoms with E-state index in [1.807, 2.05) is 0 Å². The first-order chi connectivity index (χ1) is 13.7. The van der Waals surface area contributed by atoms with Crippen LogP contribution in [0.25, 0.3) is 10.3 Å². The third kappa shape index (κ3) is 4.35. The standard InChI is InChI=1S/C16H18N4O8S/c1-6(21)25-5-9-11(26-7(2)22)12(27-8(3)23)14(28-9)20-13-10(29-16(20)24)4-18-15(17)19-13/h4,9,11-12,14H,5H2,1-3H3,(H2,17,18,19)/t9-,11-,12?,14-/m1/s1. The first kappa shape index (κ1) is 20.7. The van der Waals surface area contributed by atoms with E-state index in [0.29, 0.717) is 4.70 Å². The maximum Gasteiger partial charge on any atom is 0.311 e. The average molecular weight is 426 g/mol. The predicted molar refractivity (Wildman–Crippen MR) is 97.7 cm³/mol. The zero-order chi connectivity index (χ0) is 21.3. The van der Waals surface area contributed by atoms with Crippen LogP contribution >= 0.6 is 11.3 Å². The van der Waals surface area contributed by atoms with Gasteiger partial charge in [0.05, 0.1) is 10.9 Å². The molecule has 0 saturated carbocycles. The third-order valence-electron chi connectivity index (χ3n) is 3.97. The number of nitrogens with two attached hydrogens (primary N) is 1. The highest BCUT2D eigenvalue weighted by molar-refractivity contribution is 7.16. The topological polar surface area (TPSA) is 162 Å². The Morgan fingerprint density at radius 3 is 2.45 bits per heavy atom. The van der Waals surface area contributed by atoms with E-state index in [9.17, 15) is 19.2 Å². The van der Waals surface area contributed by atoms with E-state index >= 15 is 0 Å². The molecule has 0 aliphatic carbocycles. The summed E-state index contributed by atoms with van der Waals surface area (Å²) in [6.45, 7) is 3.25. The number of hydrogen-bond acceptors (Lipinski definition) is 12. The van der Waals surface area contributed by atoms with E-state index in [1.165, 1.54) is 20.0 Å². The predicted octanol–water partition coefficient (Wildman–Crippen LogP) is -0.241. The molecule has 0 radical (unpaired) electrons. The number of nitrogen functional groups attached to an aromatic ring is 1. The molecule has 0 aromatic carbocycles. The molecule has 1 saturated heterocycles. The zero-order valence-electron chi connectivity index (χ0n) is 15.7. The van der Waals surface area contributed by atoms with Crippen molar-refractivity contribution in [3.05, 3.63) is 15.9 Å². The van der Waals surface area contributed by atoms with Crippen molar-refractivity contribution in [2.24, 2.45) is 0 Å². The van der Waals surface area contributed by atoms with Crippen LogP contribution in [0.15, 0.2) is 11.0 Å². The number of carbonyl (C=O) groups excluding carboxylic acids is 3. The second-order valence-corrected chi connectivity index (χ2v) is 7.16. The van der Waals surface area contributed by atoms with Crippen molar-refractivity contribution in [3.63, 3.8) is 0 Å². The van der Waals surface area contributed by atoms with Gasteiger partial charge in [-0.1, -0.05) is 11.3 Å². The maximum absolute atomic E-state index is 12.6. The normalized spacial score (nSPS) is 23.7. The number of esters is 3. The van der Waals surface area contributed by atoms with Crippen LogP contribution in [0.3, 0.4) is 0 Å². The van der Waals surface area contributed by atoms with Crippen LogP contribution < -0.4 is 10.6 Å². The summed E-state index contributed by atoms with van der Waals surface area (Å²) in [7, 11) is 0. The molecule has 2 N–H and O–H groups in total. The Morgan fingerprint density at radius 1 is 1.17 bits per heavy atom. The molecule has 4 atom stereocenters. The van der Waals surface area contributed by atoms with E-state index in [1.54, 1.807) is 0 Å². The first-order valence-electron chi connectivity index (χ1n) is 8.44. The summed E-state index contributed by atoms with van der Waals surface area (Å²) in [6.07, 6.45) is -3.11. The minimum Gasteiger partial charge on any atom is -0.463 e. The van der Waals surface area contributed by atoms with Crippen molar-refractivity contribution in [1.29, 1.82) is 0 Å². The van der Waals surface area contributed by atoms with Gasteiger partial charge in [-0.15, -0.1) is 0 Å². The van der Waals surface area contributed by atoms with Crippen LogP contribution in [0, 0.1) is 0 Å². The van der Waals surface area contributed by atoms with E-state index in [0.717, 1.165) is 22.8 Å². The molecule has 1 aliphatic heterocycles. The van der Waals surface area contributed by atoms with Gasteiger partial charge < -0.3 is 24.7 Å². The highest BCUT2D eigenvalue weighted by atomic mass is 32.1. The average Bonchev–Trinajstić information content (AvgIpc) is 3.09. The van der Waals surface area contributed by atoms with Gasteiger partial charge >= 0.3 is 22.8 Å². The van der Waals surface area contributed by atoms with Crippen molar-refractivity contribution in [1.82, 2.24) is 14.5 Å². The quantitative estimate of drug-likeness (QED) is 0.496. The third-order valence-corrected chi connectivity index (χ3v) is 4.85. The van der Waals surface area contributed by atoms with Gasteiger partial charge in [-0.25, -0.2) is 4.98 Å². The lowest BCUT2D eigenvalue weighted by molar-refractivity contribution is -0.166. The van der Waals surface area contributed by atoms with Gasteiger partial charge in [0.1, 0.15) is 12.7 Å². The van der Waals surface area contributed by atoms with Crippen molar-refractivity contribution in [2.75, 3.05) is 12.3 Å². The lowest BCUT2D eigenvalue weighted by Crippen LogP contribution is -2.41. The zero-order valence-corrected chi connectivity index (χ0v) is 16.5. The Labute approximate surface area is 167 Å². The fourth-order valence-corrected chi connectivity index (χ4v) is 3.79. The highest BCUT2D eigenvalue weighted by Crippen LogP contribution is 2.35. The minimum atomic E-state index is -1.20. The van der Waals surface area contributed by atoms with Crippen molar-refractivity contribution >= 4 is 45.5 Å². The molecule has 3 heterocycles. The monoisotopic (exact) mass is 426 g/mol. The lowest BCUT2D eigenvalue weighted by Gasteiger charge is -2.23. The fraction of sp³-hybridized carbons (Fsp3) is 0.500. The summed E-state index contributed by atoms with van der Waals surface area (Å²) in [4.78, 5) is 54.6. The summed E-state index contributed by atoms with van der Waals surface area (Å²) in [5, 5.41) is 0. The number of aromatic nitrogens is 3. The SMILES string of the molecule is CC(=O)OC[C@H]1O[C@@H](n2c(=O)sc3cnc(N)nc32)C(OC(C)=O)[C@@H]1OC(C)=O. The van der Waals surface area contributed by atoms with Crippen LogP contribution in [0.5, 0.6) is 0 Å². The molecular weight excluding hydrogens is 408 g/mol. The van der Waals surface area contributed by atoms with E-state index in [4.69, 9.17) is 24.7 Å². The molecule has 2 aromatic heterocycles. The Kier molecular flexibility index (Phi) is 5.79. The summed E-state index contributed by atoms with van der Waals surface area (Å²) in [5.41, 5.74) is 5.80. The second-order valence-electron chi connectivity index (χ2n) is 6.17. The molecule has 12 nitrogen and oxygen atoms in total. The van der Waals surface area contributed by atoms with E-state index < -0.39 is 47.3 Å². The van der Waals surface area contributed by atoms with Crippen LogP contribution in [-0.2, 0) is 33.3 Å². The molecule has 0 spiro atoms. The number of carbonyl (C=O) groups is 3. The Balaban J connectivity index is 2.08. The molecule has 1 aliphatic rings. The number of fused-ring (bicyclic) bond motifs is 1. The number of rotatable bonds is 5. The number of thiazole rings is 1. The molecule has 13 heteroatoms. The lowest BCUT2D eigenvalue weighted by atomic mass is 10.1. The molecule has 3 rings (SSSR count). The van der Waals surface area contributed by atoms with Crippen LogP contribution in [0.4, 0.5) is 5.95 Å². The Bertz CT molecular complexity index is 1020. The van der Waals surface area contributed by atoms with Gasteiger partial charge in [0.25, 0.3) is 0 Å². The fourth-order valence-electron chi connectivity index (χ4n) is 2.97. The van der Waals surface area contributed by atoms with Crippen LogP contribution in [0.2, 0.25) is 0 Å². The molecule has 0 bridgehead atoms. The second kappa shape index (κ2) is 8.13. The summed E-state index contributed by atoms with van der Waals surface area (Å²) in [6, 6.07) is 0. The number of nitrogens with zero attached hydrogens (tertiary/aromatic N) is 3. The molecule has 1 fully saturated rings. The Morgan fingerprint density at radius 2 is 1.83 bits per heavy atom. The van der Waals surface area contributed by atoms with E-state index in [-0.39, 0.29) is 18.2 Å². The van der Waals surface area contributed by atoms with Crippen molar-refractivity contribution < 1.29 is 33.3 Å². The molecule has 2 aromatic rings. The number of hydrogen-bond donors (Lipinski definition) is 1. The van der Waals surface area contributed by atoms with Crippen LogP contribution in [0.1, 0.15) is 27.0 Å². The molecule has 156 valence electrons. The van der Waals surface area contributed by atoms with E-state index in [2.05, 4.69) is 9.97 Å². The summed E-state index contributed by atoms with van der Waals surface area (Å²) in [5.74, 6) is -2.01. The Hall–Kier alpha value is -3.06. The smallest absolute Gasteiger partial charge is 0.311 e. The largest absolute Gasteiger partial charge is 0.463 e. The van der Waals surface area contributed by atoms with Crippen molar-refractivity contribution in [2.45, 2.75) is 45.3 Å². The summed E-state index contributed by atoms with van der Waals surface area (Å²) < 4.78 is 23.0. The molecular formula is C16H18N4O8S. The maximum atomic E-state index is 12.6. The van der Waals surface area contributed by atoms with Gasteiger partial charge in [0.15, 0.2) is 24.1 Å². The summed E-state index contributed by atoms with van der Waals surface area (Å²) >= 11 is 0.843. The molecule has 29 heavy (non-hydrogen) atoms. The number of ether oxygens (including phenoxy) is 4. The minimum absolute atomic E-state index is 0.0703. The molecule has 0 amide bonds. The van der Waals surface area contributed by atoms with Gasteiger partial charge in [-0.3, -0.25) is 23.7 Å². The van der Waals surface area contributed by atoms with Crippen LogP contribution in [-0.4, -0.2) is 57.4 Å². The highest BCUT2D eigenvalue weighted by Gasteiger charge is 2.51. The van der Waals surface area contributed by atoms with Gasteiger partial charge in [-0.2, -0.15) is 4.98 Å². The van der Waals surface area contributed by atoms with Gasteiger partial charge in [-0.05, 0) is 0 Å². The van der Waals surface area contributed by atoms with Crippen molar-refractivity contribution in [3.8, 4) is 0 Å².